The molecule has 0 aromatic heterocycles. The van der Waals surface area contributed by atoms with E-state index in [9.17, 15) is 5.11 Å². The molecule has 2 atom stereocenters. The Morgan fingerprint density at radius 2 is 1.27 bits per heavy atom. The minimum Gasteiger partial charge on any atom is -0.385 e. The molecule has 2 nitrogen and oxygen atoms in total. The van der Waals surface area contributed by atoms with Gasteiger partial charge in [-0.3, -0.25) is 0 Å². The lowest BCUT2D eigenvalue weighted by Crippen LogP contribution is -2.35. The van der Waals surface area contributed by atoms with E-state index in [1.807, 2.05) is 66.7 Å². The highest BCUT2D eigenvalue weighted by Gasteiger charge is 2.36. The van der Waals surface area contributed by atoms with Crippen LogP contribution in [0.1, 0.15) is 37.4 Å². The van der Waals surface area contributed by atoms with Gasteiger partial charge in [0.25, 0.3) is 0 Å². The monoisotopic (exact) mass is 345 g/mol. The van der Waals surface area contributed by atoms with Crippen molar-refractivity contribution in [1.82, 2.24) is 0 Å². The van der Waals surface area contributed by atoms with Gasteiger partial charge in [-0.1, -0.05) is 92.7 Å². The van der Waals surface area contributed by atoms with Crippen LogP contribution in [0.3, 0.4) is 0 Å². The number of nitrogens with one attached hydrogen (secondary N) is 1. The van der Waals surface area contributed by atoms with Gasteiger partial charge in [0.2, 0.25) is 0 Å². The summed E-state index contributed by atoms with van der Waals surface area (Å²) in [5.74, 6) is 0.0914. The molecule has 0 aliphatic heterocycles. The van der Waals surface area contributed by atoms with Crippen molar-refractivity contribution < 1.29 is 5.11 Å². The highest BCUT2D eigenvalue weighted by molar-refractivity contribution is 5.45. The number of aliphatic hydroxyl groups is 1. The third-order valence-electron chi connectivity index (χ3n) is 5.06. The summed E-state index contributed by atoms with van der Waals surface area (Å²) in [6.07, 6.45) is 0.591. The molecule has 2 N–H and O–H groups in total. The summed E-state index contributed by atoms with van der Waals surface area (Å²) in [6, 6.07) is 30.5. The first kappa shape index (κ1) is 18.2. The molecule has 0 aliphatic rings. The molecule has 3 aromatic rings. The molecule has 0 amide bonds. The summed E-state index contributed by atoms with van der Waals surface area (Å²) in [5.41, 5.74) is 2.28. The second-order valence-corrected chi connectivity index (χ2v) is 7.12. The molecule has 26 heavy (non-hydrogen) atoms. The topological polar surface area (TPSA) is 32.3 Å². The molecule has 0 heterocycles. The molecule has 0 saturated carbocycles. The first-order valence-electron chi connectivity index (χ1n) is 9.24. The van der Waals surface area contributed by atoms with Gasteiger partial charge in [-0.2, -0.15) is 0 Å². The smallest absolute Gasteiger partial charge is 0.0942 e. The van der Waals surface area contributed by atoms with Crippen LogP contribution in [0.2, 0.25) is 0 Å². The van der Waals surface area contributed by atoms with Gasteiger partial charge in [0.15, 0.2) is 0 Å². The minimum atomic E-state index is -0.913. The lowest BCUT2D eigenvalue weighted by molar-refractivity contribution is -0.0229. The average Bonchev–Trinajstić information content (AvgIpc) is 2.69. The Morgan fingerprint density at radius 1 is 0.769 bits per heavy atom. The quantitative estimate of drug-likeness (QED) is 0.569. The van der Waals surface area contributed by atoms with E-state index in [4.69, 9.17) is 0 Å². The van der Waals surface area contributed by atoms with Crippen molar-refractivity contribution in [3.63, 3.8) is 0 Å². The van der Waals surface area contributed by atoms with E-state index in [2.05, 4.69) is 43.4 Å². The largest absolute Gasteiger partial charge is 0.385 e. The molecular weight excluding hydrogens is 318 g/mol. The Balaban J connectivity index is 1.95. The van der Waals surface area contributed by atoms with E-state index in [0.29, 0.717) is 6.42 Å². The average molecular weight is 345 g/mol. The third kappa shape index (κ3) is 4.14. The van der Waals surface area contributed by atoms with Crippen LogP contribution in [0.5, 0.6) is 0 Å². The predicted octanol–water partition coefficient (Wildman–Crippen LogP) is 5.77. The Labute approximate surface area is 156 Å². The Bertz CT molecular complexity index is 786. The highest BCUT2D eigenvalue weighted by Crippen LogP contribution is 2.39. The maximum Gasteiger partial charge on any atom is 0.0942 e. The van der Waals surface area contributed by atoms with Gasteiger partial charge < -0.3 is 10.4 Å². The Morgan fingerprint density at radius 3 is 1.81 bits per heavy atom. The van der Waals surface area contributed by atoms with Crippen LogP contribution in [0.4, 0.5) is 5.69 Å². The van der Waals surface area contributed by atoms with Crippen LogP contribution < -0.4 is 5.32 Å². The number of rotatable bonds is 7. The van der Waals surface area contributed by atoms with Crippen molar-refractivity contribution in [3.8, 4) is 0 Å². The standard InChI is InChI=1S/C24H27NO/c1-19(2)24(26,21-14-8-4-9-15-21)18-23(20-12-6-3-7-13-20)25-22-16-10-5-11-17-22/h3-17,19,23,25-26H,18H2,1-2H3/t23-,24+/m1/s1. The van der Waals surface area contributed by atoms with Gasteiger partial charge in [0.05, 0.1) is 11.6 Å². The zero-order valence-electron chi connectivity index (χ0n) is 15.5. The Kier molecular flexibility index (Phi) is 5.75. The lowest BCUT2D eigenvalue weighted by Gasteiger charge is -2.37. The third-order valence-corrected chi connectivity index (χ3v) is 5.06. The van der Waals surface area contributed by atoms with Gasteiger partial charge >= 0.3 is 0 Å². The van der Waals surface area contributed by atoms with Crippen molar-refractivity contribution in [1.29, 1.82) is 0 Å². The summed E-state index contributed by atoms with van der Waals surface area (Å²) in [6.45, 7) is 4.16. The molecule has 134 valence electrons. The summed E-state index contributed by atoms with van der Waals surface area (Å²) >= 11 is 0. The van der Waals surface area contributed by atoms with Crippen molar-refractivity contribution >= 4 is 5.69 Å². The molecule has 0 unspecified atom stereocenters. The molecular formula is C24H27NO. The fraction of sp³-hybridized carbons (Fsp3) is 0.250. The molecule has 0 fully saturated rings. The summed E-state index contributed by atoms with van der Waals surface area (Å²) in [4.78, 5) is 0. The van der Waals surface area contributed by atoms with Crippen LogP contribution in [0, 0.1) is 5.92 Å². The molecule has 3 aromatic carbocycles. The number of para-hydroxylation sites is 1. The summed E-state index contributed by atoms with van der Waals surface area (Å²) < 4.78 is 0. The normalized spacial score (nSPS) is 14.6. The van der Waals surface area contributed by atoms with E-state index < -0.39 is 5.60 Å². The molecule has 0 aliphatic carbocycles. The van der Waals surface area contributed by atoms with Gasteiger partial charge in [-0.25, -0.2) is 0 Å². The van der Waals surface area contributed by atoms with E-state index in [1.54, 1.807) is 0 Å². The zero-order valence-corrected chi connectivity index (χ0v) is 15.5. The zero-order chi connectivity index (χ0) is 18.4. The fourth-order valence-corrected chi connectivity index (χ4v) is 3.40. The van der Waals surface area contributed by atoms with Crippen LogP contribution in [0.25, 0.3) is 0 Å². The van der Waals surface area contributed by atoms with E-state index in [-0.39, 0.29) is 12.0 Å². The van der Waals surface area contributed by atoms with Crippen molar-refractivity contribution in [3.05, 3.63) is 102 Å². The molecule has 2 heteroatoms. The van der Waals surface area contributed by atoms with Crippen LogP contribution in [-0.4, -0.2) is 5.11 Å². The lowest BCUT2D eigenvalue weighted by atomic mass is 9.77. The molecule has 0 saturated heterocycles. The molecule has 0 spiro atoms. The van der Waals surface area contributed by atoms with Crippen LogP contribution in [0.15, 0.2) is 91.0 Å². The predicted molar refractivity (Wildman–Crippen MR) is 109 cm³/mol. The Hall–Kier alpha value is -2.58. The van der Waals surface area contributed by atoms with Gasteiger partial charge in [0.1, 0.15) is 0 Å². The first-order chi connectivity index (χ1) is 12.6. The van der Waals surface area contributed by atoms with Gasteiger partial charge in [-0.05, 0) is 29.2 Å². The van der Waals surface area contributed by atoms with E-state index in [0.717, 1.165) is 11.3 Å². The number of benzene rings is 3. The fourth-order valence-electron chi connectivity index (χ4n) is 3.40. The van der Waals surface area contributed by atoms with Crippen molar-refractivity contribution in [2.45, 2.75) is 31.9 Å². The van der Waals surface area contributed by atoms with Crippen molar-refractivity contribution in [2.24, 2.45) is 5.92 Å². The summed E-state index contributed by atoms with van der Waals surface area (Å²) in [5, 5.41) is 15.2. The van der Waals surface area contributed by atoms with Gasteiger partial charge in [0, 0.05) is 12.1 Å². The minimum absolute atomic E-state index is 0.00575. The van der Waals surface area contributed by atoms with Crippen LogP contribution in [-0.2, 0) is 5.60 Å². The van der Waals surface area contributed by atoms with E-state index in [1.165, 1.54) is 5.56 Å². The maximum atomic E-state index is 11.6. The number of hydrogen-bond acceptors (Lipinski definition) is 2. The first-order valence-corrected chi connectivity index (χ1v) is 9.24. The molecule has 3 rings (SSSR count). The maximum absolute atomic E-state index is 11.6. The second-order valence-electron chi connectivity index (χ2n) is 7.12. The summed E-state index contributed by atoms with van der Waals surface area (Å²) in [7, 11) is 0. The van der Waals surface area contributed by atoms with Gasteiger partial charge in [-0.15, -0.1) is 0 Å². The molecule has 0 radical (unpaired) electrons. The molecule has 0 bridgehead atoms. The number of hydrogen-bond donors (Lipinski definition) is 2. The second kappa shape index (κ2) is 8.20. The highest BCUT2D eigenvalue weighted by atomic mass is 16.3. The van der Waals surface area contributed by atoms with Crippen molar-refractivity contribution in [2.75, 3.05) is 5.32 Å². The SMILES string of the molecule is CC(C)[C@@](O)(C[C@@H](Nc1ccccc1)c1ccccc1)c1ccccc1. The number of anilines is 1. The van der Waals surface area contributed by atoms with Crippen LogP contribution >= 0.6 is 0 Å². The van der Waals surface area contributed by atoms with E-state index >= 15 is 0 Å².